The van der Waals surface area contributed by atoms with E-state index in [1.807, 2.05) is 30.3 Å². The summed E-state index contributed by atoms with van der Waals surface area (Å²) < 4.78 is 44.3. The third-order valence-corrected chi connectivity index (χ3v) is 6.25. The molecule has 3 aromatic rings. The number of hydrogen-bond acceptors (Lipinski definition) is 5. The Hall–Kier alpha value is -3.19. The first-order valence-electron chi connectivity index (χ1n) is 8.92. The highest BCUT2D eigenvalue weighted by atomic mass is 32.2. The van der Waals surface area contributed by atoms with Gasteiger partial charge in [0.05, 0.1) is 38.5 Å². The van der Waals surface area contributed by atoms with Gasteiger partial charge in [-0.15, -0.1) is 0 Å². The minimum Gasteiger partial charge on any atom is -0.497 e. The van der Waals surface area contributed by atoms with Crippen molar-refractivity contribution < 1.29 is 22.6 Å². The summed E-state index contributed by atoms with van der Waals surface area (Å²) >= 11 is 0. The predicted octanol–water partition coefficient (Wildman–Crippen LogP) is 4.11. The van der Waals surface area contributed by atoms with Gasteiger partial charge in [0, 0.05) is 6.07 Å². The maximum Gasteiger partial charge on any atom is 0.264 e. The largest absolute Gasteiger partial charge is 0.497 e. The number of rotatable bonds is 8. The van der Waals surface area contributed by atoms with Crippen LogP contribution in [0.3, 0.4) is 0 Å². The van der Waals surface area contributed by atoms with Crippen molar-refractivity contribution in [3.63, 3.8) is 0 Å². The van der Waals surface area contributed by atoms with Gasteiger partial charge in [0.1, 0.15) is 17.2 Å². The van der Waals surface area contributed by atoms with Crippen molar-refractivity contribution in [2.45, 2.75) is 11.4 Å². The molecule has 0 unspecified atom stereocenters. The first kappa shape index (κ1) is 20.5. The molecule has 0 atom stereocenters. The van der Waals surface area contributed by atoms with E-state index in [0.29, 0.717) is 22.9 Å². The Kier molecular flexibility index (Phi) is 6.29. The molecule has 0 amide bonds. The summed E-state index contributed by atoms with van der Waals surface area (Å²) in [5, 5.41) is 0. The van der Waals surface area contributed by atoms with Gasteiger partial charge in [-0.05, 0) is 42.0 Å². The number of methoxy groups -OCH3 is 3. The summed E-state index contributed by atoms with van der Waals surface area (Å²) in [6.07, 6.45) is 0. The molecule has 0 N–H and O–H groups in total. The van der Waals surface area contributed by atoms with Gasteiger partial charge in [-0.1, -0.05) is 30.3 Å². The number of anilines is 1. The minimum atomic E-state index is -3.87. The molecule has 0 saturated carbocycles. The summed E-state index contributed by atoms with van der Waals surface area (Å²) in [6.45, 7) is 0.151. The van der Waals surface area contributed by atoms with Gasteiger partial charge < -0.3 is 14.2 Å². The summed E-state index contributed by atoms with van der Waals surface area (Å²) in [4.78, 5) is 0.159. The number of hydrogen-bond donors (Lipinski definition) is 0. The summed E-state index contributed by atoms with van der Waals surface area (Å²) in [5.41, 5.74) is 1.27. The normalized spacial score (nSPS) is 11.0. The van der Waals surface area contributed by atoms with Crippen LogP contribution < -0.4 is 18.5 Å². The van der Waals surface area contributed by atoms with Crippen molar-refractivity contribution in [1.82, 2.24) is 0 Å². The van der Waals surface area contributed by atoms with Crippen LogP contribution in [0.25, 0.3) is 0 Å². The molecular formula is C22H23NO5S. The van der Waals surface area contributed by atoms with Crippen molar-refractivity contribution in [1.29, 1.82) is 0 Å². The molecule has 0 aliphatic heterocycles. The third kappa shape index (κ3) is 4.46. The minimum absolute atomic E-state index is 0.151. The summed E-state index contributed by atoms with van der Waals surface area (Å²) in [5.74, 6) is 1.56. The molecule has 0 aromatic heterocycles. The maximum atomic E-state index is 13.6. The van der Waals surface area contributed by atoms with Crippen molar-refractivity contribution in [2.75, 3.05) is 25.6 Å². The van der Waals surface area contributed by atoms with Crippen LogP contribution in [0.5, 0.6) is 17.2 Å². The molecule has 152 valence electrons. The Bertz CT molecular complexity index is 1050. The Labute approximate surface area is 171 Å². The smallest absolute Gasteiger partial charge is 0.264 e. The molecule has 0 saturated heterocycles. The average molecular weight is 413 g/mol. The molecule has 0 bridgehead atoms. The standard InChI is InChI=1S/C22H23NO5S/c1-26-18-9-12-20(13-10-18)29(24,25)23(16-17-7-5-4-6-8-17)21-14-11-19(27-2)15-22(21)28-3/h4-15H,16H2,1-3H3. The fourth-order valence-corrected chi connectivity index (χ4v) is 4.38. The second-order valence-corrected chi connectivity index (χ2v) is 8.07. The van der Waals surface area contributed by atoms with Gasteiger partial charge >= 0.3 is 0 Å². The molecule has 3 aromatic carbocycles. The number of sulfonamides is 1. The molecule has 29 heavy (non-hydrogen) atoms. The summed E-state index contributed by atoms with van der Waals surface area (Å²) in [6, 6.07) is 20.8. The number of ether oxygens (including phenoxy) is 3. The monoisotopic (exact) mass is 413 g/mol. The van der Waals surface area contributed by atoms with Crippen LogP contribution in [0.2, 0.25) is 0 Å². The Morgan fingerprint density at radius 1 is 0.759 bits per heavy atom. The van der Waals surface area contributed by atoms with Crippen molar-refractivity contribution >= 4 is 15.7 Å². The van der Waals surface area contributed by atoms with E-state index in [0.717, 1.165) is 5.56 Å². The maximum absolute atomic E-state index is 13.6. The fraction of sp³-hybridized carbons (Fsp3) is 0.182. The lowest BCUT2D eigenvalue weighted by Crippen LogP contribution is -2.31. The number of benzene rings is 3. The first-order chi connectivity index (χ1) is 14.0. The highest BCUT2D eigenvalue weighted by molar-refractivity contribution is 7.92. The van der Waals surface area contributed by atoms with Crippen molar-refractivity contribution in [3.8, 4) is 17.2 Å². The van der Waals surface area contributed by atoms with Gasteiger partial charge in [-0.3, -0.25) is 4.31 Å². The Balaban J connectivity index is 2.12. The lowest BCUT2D eigenvalue weighted by molar-refractivity contribution is 0.394. The predicted molar refractivity (Wildman–Crippen MR) is 112 cm³/mol. The van der Waals surface area contributed by atoms with Crippen LogP contribution in [0.1, 0.15) is 5.56 Å². The molecule has 3 rings (SSSR count). The topological polar surface area (TPSA) is 65.1 Å². The van der Waals surface area contributed by atoms with Crippen molar-refractivity contribution in [3.05, 3.63) is 78.4 Å². The quantitative estimate of drug-likeness (QED) is 0.556. The van der Waals surface area contributed by atoms with E-state index in [4.69, 9.17) is 14.2 Å². The van der Waals surface area contributed by atoms with Gasteiger partial charge in [-0.2, -0.15) is 0 Å². The molecule has 0 heterocycles. The van der Waals surface area contributed by atoms with Crippen LogP contribution in [-0.2, 0) is 16.6 Å². The van der Waals surface area contributed by atoms with E-state index in [1.165, 1.54) is 30.7 Å². The van der Waals surface area contributed by atoms with Gasteiger partial charge in [0.15, 0.2) is 0 Å². The lowest BCUT2D eigenvalue weighted by atomic mass is 10.2. The molecule has 0 radical (unpaired) electrons. The second kappa shape index (κ2) is 8.87. The molecule has 0 aliphatic rings. The van der Waals surface area contributed by atoms with Crippen LogP contribution in [0.4, 0.5) is 5.69 Å². The van der Waals surface area contributed by atoms with E-state index in [1.54, 1.807) is 37.4 Å². The van der Waals surface area contributed by atoms with E-state index in [-0.39, 0.29) is 11.4 Å². The van der Waals surface area contributed by atoms with Crippen LogP contribution in [-0.4, -0.2) is 29.7 Å². The van der Waals surface area contributed by atoms with E-state index in [2.05, 4.69) is 0 Å². The number of nitrogens with zero attached hydrogens (tertiary/aromatic N) is 1. The van der Waals surface area contributed by atoms with E-state index in [9.17, 15) is 8.42 Å². The Morgan fingerprint density at radius 3 is 1.97 bits per heavy atom. The highest BCUT2D eigenvalue weighted by Gasteiger charge is 2.28. The highest BCUT2D eigenvalue weighted by Crippen LogP contribution is 2.36. The molecular weight excluding hydrogens is 390 g/mol. The molecule has 7 heteroatoms. The second-order valence-electron chi connectivity index (χ2n) is 6.21. The van der Waals surface area contributed by atoms with Crippen LogP contribution in [0, 0.1) is 0 Å². The van der Waals surface area contributed by atoms with Gasteiger partial charge in [-0.25, -0.2) is 8.42 Å². The van der Waals surface area contributed by atoms with Gasteiger partial charge in [0.25, 0.3) is 10.0 Å². The summed E-state index contributed by atoms with van der Waals surface area (Å²) in [7, 11) is 0.708. The lowest BCUT2D eigenvalue weighted by Gasteiger charge is -2.26. The van der Waals surface area contributed by atoms with Gasteiger partial charge in [0.2, 0.25) is 0 Å². The zero-order valence-electron chi connectivity index (χ0n) is 16.5. The van der Waals surface area contributed by atoms with Crippen LogP contribution in [0.15, 0.2) is 77.7 Å². The first-order valence-corrected chi connectivity index (χ1v) is 10.4. The molecule has 6 nitrogen and oxygen atoms in total. The Morgan fingerprint density at radius 2 is 1.38 bits per heavy atom. The fourth-order valence-electron chi connectivity index (χ4n) is 2.91. The zero-order chi connectivity index (χ0) is 20.9. The van der Waals surface area contributed by atoms with Crippen LogP contribution >= 0.6 is 0 Å². The zero-order valence-corrected chi connectivity index (χ0v) is 17.3. The van der Waals surface area contributed by atoms with E-state index < -0.39 is 10.0 Å². The van der Waals surface area contributed by atoms with Crippen molar-refractivity contribution in [2.24, 2.45) is 0 Å². The SMILES string of the molecule is COc1ccc(S(=O)(=O)N(Cc2ccccc2)c2ccc(OC)cc2OC)cc1. The molecule has 0 fully saturated rings. The average Bonchev–Trinajstić information content (AvgIpc) is 2.77. The van der Waals surface area contributed by atoms with E-state index >= 15 is 0 Å². The molecule has 0 spiro atoms. The molecule has 0 aliphatic carbocycles. The third-order valence-electron chi connectivity index (χ3n) is 4.47.